The molecule has 8 heteroatoms. The molecule has 2 aromatic rings. The van der Waals surface area contributed by atoms with Crippen LogP contribution in [0.1, 0.15) is 5.56 Å². The quantitative estimate of drug-likeness (QED) is 0.758. The summed E-state index contributed by atoms with van der Waals surface area (Å²) in [6, 6.07) is 3.94. The zero-order valence-corrected chi connectivity index (χ0v) is 11.5. The van der Waals surface area contributed by atoms with Crippen LogP contribution in [-0.2, 0) is 9.59 Å². The Morgan fingerprint density at radius 1 is 1.09 bits per heavy atom. The third kappa shape index (κ3) is 3.54. The van der Waals surface area contributed by atoms with Crippen LogP contribution in [0, 0.1) is 6.92 Å². The zero-order valence-electron chi connectivity index (χ0n) is 11.5. The van der Waals surface area contributed by atoms with Gasteiger partial charge in [-0.2, -0.15) is 0 Å². The number of hydrogen-bond donors (Lipinski definition) is 2. The monoisotopic (exact) mass is 308 g/mol. The van der Waals surface area contributed by atoms with Crippen LogP contribution in [0.2, 0.25) is 0 Å². The Bertz CT molecular complexity index is 789. The van der Waals surface area contributed by atoms with E-state index >= 15 is 0 Å². The number of aryl methyl sites for hydroxylation is 1. The van der Waals surface area contributed by atoms with Crippen LogP contribution in [0.15, 0.2) is 27.4 Å². The fourth-order valence-electron chi connectivity index (χ4n) is 1.90. The molecule has 2 rings (SSSR count). The summed E-state index contributed by atoms with van der Waals surface area (Å²) >= 11 is 0. The van der Waals surface area contributed by atoms with Gasteiger partial charge >= 0.3 is 17.6 Å². The van der Waals surface area contributed by atoms with Gasteiger partial charge < -0.3 is 24.1 Å². The smallest absolute Gasteiger partial charge is 0.341 e. The van der Waals surface area contributed by atoms with E-state index in [4.69, 9.17) is 24.1 Å². The van der Waals surface area contributed by atoms with Crippen molar-refractivity contribution in [3.05, 3.63) is 34.2 Å². The summed E-state index contributed by atoms with van der Waals surface area (Å²) in [5, 5.41) is 17.7. The third-order valence-electron chi connectivity index (χ3n) is 2.69. The van der Waals surface area contributed by atoms with Gasteiger partial charge in [-0.3, -0.25) is 0 Å². The summed E-state index contributed by atoms with van der Waals surface area (Å²) in [5.74, 6) is -2.15. The Balaban J connectivity index is 2.53. The lowest BCUT2D eigenvalue weighted by atomic mass is 10.1. The minimum absolute atomic E-state index is 0.0871. The molecule has 0 amide bonds. The minimum atomic E-state index is -1.18. The summed E-state index contributed by atoms with van der Waals surface area (Å²) in [6.45, 7) is 0.445. The number of rotatable bonds is 6. The van der Waals surface area contributed by atoms with E-state index < -0.39 is 30.8 Å². The number of carboxylic acids is 2. The summed E-state index contributed by atoms with van der Waals surface area (Å²) in [6.07, 6.45) is 0. The number of hydrogen-bond acceptors (Lipinski definition) is 6. The SMILES string of the molecule is Cc1cc(=O)oc2cc(OCC(=O)O)cc(OCC(=O)O)c12. The predicted molar refractivity (Wildman–Crippen MR) is 73.5 cm³/mol. The molecule has 0 unspecified atom stereocenters. The van der Waals surface area contributed by atoms with E-state index in [2.05, 4.69) is 0 Å². The first-order valence-corrected chi connectivity index (χ1v) is 6.14. The Morgan fingerprint density at radius 3 is 2.36 bits per heavy atom. The third-order valence-corrected chi connectivity index (χ3v) is 2.69. The van der Waals surface area contributed by atoms with E-state index in [9.17, 15) is 14.4 Å². The lowest BCUT2D eigenvalue weighted by Crippen LogP contribution is -2.12. The van der Waals surface area contributed by atoms with E-state index in [1.165, 1.54) is 18.2 Å². The van der Waals surface area contributed by atoms with Crippen LogP contribution in [0.4, 0.5) is 0 Å². The van der Waals surface area contributed by atoms with E-state index in [1.807, 2.05) is 0 Å². The van der Waals surface area contributed by atoms with Crippen molar-refractivity contribution >= 4 is 22.9 Å². The Morgan fingerprint density at radius 2 is 1.73 bits per heavy atom. The van der Waals surface area contributed by atoms with Gasteiger partial charge in [-0.05, 0) is 12.5 Å². The van der Waals surface area contributed by atoms with Gasteiger partial charge in [-0.15, -0.1) is 0 Å². The average molecular weight is 308 g/mol. The maximum absolute atomic E-state index is 11.4. The van der Waals surface area contributed by atoms with Crippen LogP contribution >= 0.6 is 0 Å². The zero-order chi connectivity index (χ0) is 16.3. The second-order valence-corrected chi connectivity index (χ2v) is 4.41. The topological polar surface area (TPSA) is 123 Å². The summed E-state index contributed by atoms with van der Waals surface area (Å²) < 4.78 is 15.2. The van der Waals surface area contributed by atoms with E-state index in [0.29, 0.717) is 10.9 Å². The number of ether oxygens (including phenoxy) is 2. The highest BCUT2D eigenvalue weighted by atomic mass is 16.5. The van der Waals surface area contributed by atoms with Gasteiger partial charge in [-0.1, -0.05) is 0 Å². The molecular formula is C14H12O8. The molecule has 1 aromatic heterocycles. The summed E-state index contributed by atoms with van der Waals surface area (Å²) in [7, 11) is 0. The average Bonchev–Trinajstić information content (AvgIpc) is 2.41. The van der Waals surface area contributed by atoms with Crippen molar-refractivity contribution in [3.8, 4) is 11.5 Å². The van der Waals surface area contributed by atoms with Crippen LogP contribution < -0.4 is 15.1 Å². The molecule has 0 fully saturated rings. The molecule has 1 heterocycles. The summed E-state index contributed by atoms with van der Waals surface area (Å²) in [4.78, 5) is 32.6. The van der Waals surface area contributed by atoms with Gasteiger partial charge in [0.25, 0.3) is 0 Å². The van der Waals surface area contributed by atoms with Crippen molar-refractivity contribution in [1.82, 2.24) is 0 Å². The van der Waals surface area contributed by atoms with Gasteiger partial charge in [0, 0.05) is 18.2 Å². The molecule has 2 N–H and O–H groups in total. The summed E-state index contributed by atoms with van der Waals surface area (Å²) in [5.41, 5.74) is 0.0641. The van der Waals surface area contributed by atoms with Crippen LogP contribution in [0.25, 0.3) is 11.0 Å². The standard InChI is InChI=1S/C14H12O8/c1-7-2-13(19)22-10-4-8(20-5-11(15)16)3-9(14(7)10)21-6-12(17)18/h2-4H,5-6H2,1H3,(H,15,16)(H,17,18). The molecule has 0 bridgehead atoms. The number of fused-ring (bicyclic) bond motifs is 1. The van der Waals surface area contributed by atoms with Crippen molar-refractivity contribution < 1.29 is 33.7 Å². The van der Waals surface area contributed by atoms with Gasteiger partial charge in [0.1, 0.15) is 17.1 Å². The van der Waals surface area contributed by atoms with Crippen LogP contribution in [0.5, 0.6) is 11.5 Å². The number of carbonyl (C=O) groups is 2. The Labute approximate surface area is 123 Å². The van der Waals surface area contributed by atoms with Gasteiger partial charge in [0.15, 0.2) is 13.2 Å². The second-order valence-electron chi connectivity index (χ2n) is 4.41. The molecule has 22 heavy (non-hydrogen) atoms. The molecule has 8 nitrogen and oxygen atoms in total. The highest BCUT2D eigenvalue weighted by Gasteiger charge is 2.14. The molecule has 0 radical (unpaired) electrons. The maximum Gasteiger partial charge on any atom is 0.341 e. The van der Waals surface area contributed by atoms with Crippen molar-refractivity contribution in [3.63, 3.8) is 0 Å². The fourth-order valence-corrected chi connectivity index (χ4v) is 1.90. The van der Waals surface area contributed by atoms with Gasteiger partial charge in [0.05, 0.1) is 5.39 Å². The highest BCUT2D eigenvalue weighted by Crippen LogP contribution is 2.32. The van der Waals surface area contributed by atoms with Crippen molar-refractivity contribution in [2.45, 2.75) is 6.92 Å². The highest BCUT2D eigenvalue weighted by molar-refractivity contribution is 5.88. The van der Waals surface area contributed by atoms with Crippen molar-refractivity contribution in [2.24, 2.45) is 0 Å². The van der Waals surface area contributed by atoms with Crippen LogP contribution in [0.3, 0.4) is 0 Å². The van der Waals surface area contributed by atoms with E-state index in [1.54, 1.807) is 6.92 Å². The Kier molecular flexibility index (Phi) is 4.31. The first kappa shape index (κ1) is 15.4. The predicted octanol–water partition coefficient (Wildman–Crippen LogP) is 1.03. The Hall–Kier alpha value is -3.03. The molecular weight excluding hydrogens is 296 g/mol. The first-order chi connectivity index (χ1) is 10.4. The first-order valence-electron chi connectivity index (χ1n) is 6.14. The molecule has 0 saturated heterocycles. The molecule has 0 spiro atoms. The van der Waals surface area contributed by atoms with Crippen molar-refractivity contribution in [1.29, 1.82) is 0 Å². The fraction of sp³-hybridized carbons (Fsp3) is 0.214. The molecule has 0 aliphatic rings. The largest absolute Gasteiger partial charge is 0.482 e. The van der Waals surface area contributed by atoms with E-state index in [-0.39, 0.29) is 17.1 Å². The lowest BCUT2D eigenvalue weighted by molar-refractivity contribution is -0.140. The van der Waals surface area contributed by atoms with Gasteiger partial charge in [-0.25, -0.2) is 14.4 Å². The van der Waals surface area contributed by atoms with Crippen molar-refractivity contribution in [2.75, 3.05) is 13.2 Å². The normalized spacial score (nSPS) is 10.4. The maximum atomic E-state index is 11.4. The molecule has 0 atom stereocenters. The number of carboxylic acid groups (broad SMARTS) is 2. The molecule has 116 valence electrons. The molecule has 0 saturated carbocycles. The number of benzene rings is 1. The number of aliphatic carboxylic acids is 2. The molecule has 1 aromatic carbocycles. The lowest BCUT2D eigenvalue weighted by Gasteiger charge is -2.11. The van der Waals surface area contributed by atoms with Gasteiger partial charge in [0.2, 0.25) is 0 Å². The molecule has 0 aliphatic heterocycles. The minimum Gasteiger partial charge on any atom is -0.482 e. The van der Waals surface area contributed by atoms with Crippen LogP contribution in [-0.4, -0.2) is 35.4 Å². The second kappa shape index (κ2) is 6.17. The van der Waals surface area contributed by atoms with E-state index in [0.717, 1.165) is 0 Å². The molecule has 0 aliphatic carbocycles.